The first-order valence-corrected chi connectivity index (χ1v) is 15.1. The first-order chi connectivity index (χ1) is 19.4. The fourth-order valence-electron chi connectivity index (χ4n) is 4.29. The van der Waals surface area contributed by atoms with E-state index < -0.39 is 50.5 Å². The number of carbonyl (C=O) groups excluding carboxylic acids is 3. The molecule has 9 nitrogen and oxygen atoms in total. The largest absolute Gasteiger partial charge is 0.462 e. The second-order valence-electron chi connectivity index (χ2n) is 9.57. The van der Waals surface area contributed by atoms with Crippen LogP contribution in [0.3, 0.4) is 0 Å². The van der Waals surface area contributed by atoms with E-state index in [0.29, 0.717) is 35.0 Å². The Bertz CT molecular complexity index is 1590. The summed E-state index contributed by atoms with van der Waals surface area (Å²) >= 11 is 1.32. The molecule has 3 aromatic rings. The quantitative estimate of drug-likeness (QED) is 0.316. The number of anilines is 2. The van der Waals surface area contributed by atoms with Gasteiger partial charge in [-0.1, -0.05) is 6.92 Å². The fourth-order valence-corrected chi connectivity index (χ4v) is 6.76. The maximum atomic E-state index is 13.5. The standard InChI is InChI=1S/C28H28F2N2O7S2/c1-4-38-28(35)24-20-11-5-15(2)13-23(20)40-26(24)31-25(33)16(3)39-27(34)17-6-8-18(9-7-17)32-41(36,37)19-10-12-21(29)22(30)14-19/h6-10,12,14-16,32H,4-5,11,13H2,1-3H3,(H,31,33). The number of benzene rings is 2. The third kappa shape index (κ3) is 6.91. The van der Waals surface area contributed by atoms with Crippen LogP contribution in [0.5, 0.6) is 0 Å². The van der Waals surface area contributed by atoms with Gasteiger partial charge in [-0.2, -0.15) is 0 Å². The van der Waals surface area contributed by atoms with E-state index in [1.165, 1.54) is 42.5 Å². The van der Waals surface area contributed by atoms with Gasteiger partial charge in [0.15, 0.2) is 17.7 Å². The molecule has 2 N–H and O–H groups in total. The molecule has 0 saturated carbocycles. The number of fused-ring (bicyclic) bond motifs is 1. The number of halogens is 2. The molecule has 2 aromatic carbocycles. The Morgan fingerprint density at radius 3 is 2.44 bits per heavy atom. The molecule has 0 bridgehead atoms. The van der Waals surface area contributed by atoms with E-state index in [1.807, 2.05) is 0 Å². The Morgan fingerprint density at radius 2 is 1.78 bits per heavy atom. The van der Waals surface area contributed by atoms with E-state index in [9.17, 15) is 31.6 Å². The molecule has 2 unspecified atom stereocenters. The van der Waals surface area contributed by atoms with E-state index in [-0.39, 0.29) is 17.9 Å². The molecular weight excluding hydrogens is 578 g/mol. The number of ether oxygens (including phenoxy) is 2. The number of carbonyl (C=O) groups is 3. The summed E-state index contributed by atoms with van der Waals surface area (Å²) in [5, 5.41) is 3.07. The fraction of sp³-hybridized carbons (Fsp3) is 0.321. The lowest BCUT2D eigenvalue weighted by Gasteiger charge is -2.18. The van der Waals surface area contributed by atoms with Gasteiger partial charge in [0.2, 0.25) is 0 Å². The molecule has 0 aliphatic heterocycles. The molecule has 13 heteroatoms. The minimum atomic E-state index is -4.22. The van der Waals surface area contributed by atoms with Crippen LogP contribution in [0.25, 0.3) is 0 Å². The first kappa shape index (κ1) is 30.1. The highest BCUT2D eigenvalue weighted by Gasteiger charge is 2.30. The van der Waals surface area contributed by atoms with Crippen molar-refractivity contribution in [3.05, 3.63) is 75.7 Å². The molecular formula is C28H28F2N2O7S2. The minimum Gasteiger partial charge on any atom is -0.462 e. The highest BCUT2D eigenvalue weighted by Crippen LogP contribution is 2.40. The van der Waals surface area contributed by atoms with Gasteiger partial charge in [0.25, 0.3) is 15.9 Å². The van der Waals surface area contributed by atoms with Gasteiger partial charge in [0.05, 0.1) is 22.6 Å². The van der Waals surface area contributed by atoms with Crippen LogP contribution in [-0.4, -0.2) is 39.0 Å². The van der Waals surface area contributed by atoms with Crippen molar-refractivity contribution >= 4 is 49.9 Å². The van der Waals surface area contributed by atoms with Crippen molar-refractivity contribution in [1.82, 2.24) is 0 Å². The third-order valence-corrected chi connectivity index (χ3v) is 9.00. The van der Waals surface area contributed by atoms with Gasteiger partial charge in [-0.25, -0.2) is 26.8 Å². The van der Waals surface area contributed by atoms with Crippen molar-refractivity contribution in [2.45, 2.75) is 51.0 Å². The van der Waals surface area contributed by atoms with Crippen LogP contribution in [0.1, 0.15) is 58.3 Å². The predicted octanol–water partition coefficient (Wildman–Crippen LogP) is 5.31. The van der Waals surface area contributed by atoms with Crippen molar-refractivity contribution in [1.29, 1.82) is 0 Å². The molecule has 0 fully saturated rings. The molecule has 1 heterocycles. The number of sulfonamides is 1. The van der Waals surface area contributed by atoms with Crippen molar-refractivity contribution in [2.24, 2.45) is 5.92 Å². The molecule has 218 valence electrons. The lowest BCUT2D eigenvalue weighted by atomic mass is 9.88. The zero-order valence-electron chi connectivity index (χ0n) is 22.5. The summed E-state index contributed by atoms with van der Waals surface area (Å²) in [7, 11) is -4.22. The normalized spacial score (nSPS) is 15.4. The molecule has 0 spiro atoms. The van der Waals surface area contributed by atoms with E-state index in [2.05, 4.69) is 17.0 Å². The molecule has 41 heavy (non-hydrogen) atoms. The molecule has 1 amide bonds. The van der Waals surface area contributed by atoms with Crippen LogP contribution in [0.15, 0.2) is 47.4 Å². The van der Waals surface area contributed by atoms with Gasteiger partial charge in [0, 0.05) is 10.6 Å². The van der Waals surface area contributed by atoms with Gasteiger partial charge < -0.3 is 14.8 Å². The predicted molar refractivity (Wildman–Crippen MR) is 149 cm³/mol. The summed E-state index contributed by atoms with van der Waals surface area (Å²) in [6.07, 6.45) is 1.19. The summed E-state index contributed by atoms with van der Waals surface area (Å²) in [6, 6.07) is 7.29. The van der Waals surface area contributed by atoms with Gasteiger partial charge in [-0.15, -0.1) is 11.3 Å². The third-order valence-electron chi connectivity index (χ3n) is 6.46. The van der Waals surface area contributed by atoms with Crippen LogP contribution >= 0.6 is 11.3 Å². The number of thiophene rings is 1. The van der Waals surface area contributed by atoms with Crippen LogP contribution < -0.4 is 10.0 Å². The van der Waals surface area contributed by atoms with Crippen molar-refractivity contribution < 1.29 is 41.1 Å². The molecule has 1 aliphatic carbocycles. The Kier molecular flexibility index (Phi) is 9.08. The number of rotatable bonds is 9. The lowest BCUT2D eigenvalue weighted by Crippen LogP contribution is -2.30. The molecule has 1 aromatic heterocycles. The summed E-state index contributed by atoms with van der Waals surface area (Å²) in [6.45, 7) is 5.40. The van der Waals surface area contributed by atoms with E-state index in [4.69, 9.17) is 9.47 Å². The van der Waals surface area contributed by atoms with E-state index in [1.54, 1.807) is 6.92 Å². The van der Waals surface area contributed by atoms with E-state index in [0.717, 1.165) is 29.3 Å². The van der Waals surface area contributed by atoms with Crippen LogP contribution in [0.2, 0.25) is 0 Å². The second-order valence-corrected chi connectivity index (χ2v) is 12.4. The minimum absolute atomic E-state index is 0.0354. The topological polar surface area (TPSA) is 128 Å². The molecule has 0 saturated heterocycles. The second kappa shape index (κ2) is 12.4. The first-order valence-electron chi connectivity index (χ1n) is 12.8. The number of esters is 2. The molecule has 0 radical (unpaired) electrons. The Labute approximate surface area is 239 Å². The summed E-state index contributed by atoms with van der Waals surface area (Å²) < 4.78 is 64.3. The monoisotopic (exact) mass is 606 g/mol. The Balaban J connectivity index is 1.41. The average molecular weight is 607 g/mol. The van der Waals surface area contributed by atoms with Crippen molar-refractivity contribution in [3.8, 4) is 0 Å². The van der Waals surface area contributed by atoms with Gasteiger partial charge in [-0.3, -0.25) is 9.52 Å². The number of amides is 1. The molecule has 4 rings (SSSR count). The summed E-state index contributed by atoms with van der Waals surface area (Å²) in [5.41, 5.74) is 1.31. The Morgan fingerprint density at radius 1 is 1.07 bits per heavy atom. The van der Waals surface area contributed by atoms with Crippen LogP contribution in [-0.2, 0) is 37.1 Å². The van der Waals surface area contributed by atoms with Crippen LogP contribution in [0, 0.1) is 17.6 Å². The van der Waals surface area contributed by atoms with Gasteiger partial charge >= 0.3 is 11.9 Å². The zero-order valence-corrected chi connectivity index (χ0v) is 24.1. The van der Waals surface area contributed by atoms with Crippen LogP contribution in [0.4, 0.5) is 19.5 Å². The summed E-state index contributed by atoms with van der Waals surface area (Å²) in [5.74, 6) is -4.03. The maximum Gasteiger partial charge on any atom is 0.341 e. The average Bonchev–Trinajstić information content (AvgIpc) is 3.27. The maximum absolute atomic E-state index is 13.5. The van der Waals surface area contributed by atoms with Crippen molar-refractivity contribution in [3.63, 3.8) is 0 Å². The molecule has 2 atom stereocenters. The SMILES string of the molecule is CCOC(=O)c1c(NC(=O)C(C)OC(=O)c2ccc(NS(=O)(=O)c3ccc(F)c(F)c3)cc2)sc2c1CCC(C)C2. The number of hydrogen-bond acceptors (Lipinski definition) is 8. The van der Waals surface area contributed by atoms with Gasteiger partial charge in [-0.05, 0) is 87.1 Å². The number of hydrogen-bond donors (Lipinski definition) is 2. The highest BCUT2D eigenvalue weighted by molar-refractivity contribution is 7.92. The smallest absolute Gasteiger partial charge is 0.341 e. The highest BCUT2D eigenvalue weighted by atomic mass is 32.2. The number of nitrogens with one attached hydrogen (secondary N) is 2. The van der Waals surface area contributed by atoms with Gasteiger partial charge in [0.1, 0.15) is 5.00 Å². The zero-order chi connectivity index (χ0) is 29.9. The molecule has 1 aliphatic rings. The Hall–Kier alpha value is -3.84. The van der Waals surface area contributed by atoms with E-state index >= 15 is 0 Å². The lowest BCUT2D eigenvalue weighted by molar-refractivity contribution is -0.123. The van der Waals surface area contributed by atoms with Crippen molar-refractivity contribution in [2.75, 3.05) is 16.6 Å². The summed E-state index contributed by atoms with van der Waals surface area (Å²) in [4.78, 5) is 38.8.